The van der Waals surface area contributed by atoms with Crippen LogP contribution in [0.3, 0.4) is 0 Å². The second kappa shape index (κ2) is 11.9. The Morgan fingerprint density at radius 3 is 2.48 bits per heavy atom. The lowest BCUT2D eigenvalue weighted by Crippen LogP contribution is -2.55. The third-order valence-electron chi connectivity index (χ3n) is 4.94. The van der Waals surface area contributed by atoms with E-state index in [4.69, 9.17) is 21.5 Å². The highest BCUT2D eigenvalue weighted by Crippen LogP contribution is 2.30. The number of likely N-dealkylation sites (tertiary alicyclic amines) is 1. The molecule has 1 aromatic carbocycles. The molecular weight excluding hydrogens is 392 g/mol. The number of nitrogens with two attached hydrogens (primary N) is 2. The Morgan fingerprint density at radius 1 is 1.30 bits per heavy atom. The van der Waals surface area contributed by atoms with Crippen LogP contribution >= 0.6 is 24.8 Å². The van der Waals surface area contributed by atoms with Crippen molar-refractivity contribution in [2.24, 2.45) is 17.4 Å². The van der Waals surface area contributed by atoms with Gasteiger partial charge in [0, 0.05) is 31.6 Å². The molecule has 2 rings (SSSR count). The highest BCUT2D eigenvalue weighted by atomic mass is 35.5. The molecule has 0 saturated carbocycles. The van der Waals surface area contributed by atoms with Gasteiger partial charge < -0.3 is 26.6 Å². The first-order chi connectivity index (χ1) is 11.8. The van der Waals surface area contributed by atoms with Gasteiger partial charge in [0.25, 0.3) is 0 Å². The van der Waals surface area contributed by atoms with Gasteiger partial charge in [0.05, 0.1) is 0 Å². The Morgan fingerprint density at radius 2 is 1.93 bits per heavy atom. The highest BCUT2D eigenvalue weighted by Gasteiger charge is 2.49. The molecule has 0 bridgehead atoms. The summed E-state index contributed by atoms with van der Waals surface area (Å²) in [6, 6.07) is 9.85. The van der Waals surface area contributed by atoms with Gasteiger partial charge in [0.2, 0.25) is 0 Å². The van der Waals surface area contributed by atoms with Crippen LogP contribution < -0.4 is 11.5 Å². The monoisotopic (exact) mass is 421 g/mol. The molecule has 1 saturated heterocycles. The summed E-state index contributed by atoms with van der Waals surface area (Å²) in [6.45, 7) is 1.41. The number of carbonyl (C=O) groups is 1. The first-order valence-electron chi connectivity index (χ1n) is 8.71. The van der Waals surface area contributed by atoms with Crippen molar-refractivity contribution in [2.45, 2.75) is 37.2 Å². The molecule has 0 amide bonds. The second-order valence-corrected chi connectivity index (χ2v) is 7.10. The fourth-order valence-electron chi connectivity index (χ4n) is 3.63. The van der Waals surface area contributed by atoms with Crippen molar-refractivity contribution in [3.8, 4) is 0 Å². The zero-order valence-electron chi connectivity index (χ0n) is 15.2. The van der Waals surface area contributed by atoms with Crippen LogP contribution in [0.15, 0.2) is 30.3 Å². The largest absolute Gasteiger partial charge is 0.480 e. The van der Waals surface area contributed by atoms with Crippen LogP contribution in [0.5, 0.6) is 0 Å². The minimum atomic E-state index is -1.37. The molecule has 154 valence electrons. The topological polar surface area (TPSA) is 133 Å². The molecule has 7 nitrogen and oxygen atoms in total. The number of nitrogens with zero attached hydrogens (tertiary/aromatic N) is 1. The average Bonchev–Trinajstić information content (AvgIpc) is 2.85. The van der Waals surface area contributed by atoms with E-state index >= 15 is 0 Å². The zero-order valence-corrected chi connectivity index (χ0v) is 16.9. The van der Waals surface area contributed by atoms with Crippen LogP contribution in [-0.4, -0.2) is 64.4 Å². The van der Waals surface area contributed by atoms with Gasteiger partial charge >= 0.3 is 13.1 Å². The van der Waals surface area contributed by atoms with Crippen LogP contribution in [0.2, 0.25) is 6.32 Å². The summed E-state index contributed by atoms with van der Waals surface area (Å²) in [6.07, 6.45) is 2.02. The Bertz CT molecular complexity index is 570. The number of hydrogen-bond donors (Lipinski definition) is 5. The van der Waals surface area contributed by atoms with Crippen molar-refractivity contribution in [3.63, 3.8) is 0 Å². The van der Waals surface area contributed by atoms with Gasteiger partial charge in [-0.05, 0) is 24.7 Å². The van der Waals surface area contributed by atoms with Gasteiger partial charge in [-0.25, -0.2) is 0 Å². The molecule has 0 aromatic heterocycles. The summed E-state index contributed by atoms with van der Waals surface area (Å²) in [5.41, 5.74) is 12.3. The minimum absolute atomic E-state index is 0. The van der Waals surface area contributed by atoms with Crippen molar-refractivity contribution in [2.75, 3.05) is 19.6 Å². The molecule has 3 atom stereocenters. The van der Waals surface area contributed by atoms with Crippen molar-refractivity contribution < 1.29 is 19.9 Å². The lowest BCUT2D eigenvalue weighted by atomic mass is 9.78. The smallest absolute Gasteiger partial charge is 0.451 e. The maximum Gasteiger partial charge on any atom is 0.451 e. The van der Waals surface area contributed by atoms with E-state index in [0.717, 1.165) is 12.0 Å². The quantitative estimate of drug-likeness (QED) is 0.363. The summed E-state index contributed by atoms with van der Waals surface area (Å²) in [5.74, 6) is -1.24. The third-order valence-corrected chi connectivity index (χ3v) is 4.94. The van der Waals surface area contributed by atoms with E-state index in [1.54, 1.807) is 0 Å². The Labute approximate surface area is 173 Å². The first kappa shape index (κ1) is 26.1. The molecule has 0 spiro atoms. The maximum atomic E-state index is 11.7. The molecular formula is C17H30BCl2N3O4. The molecule has 0 aliphatic carbocycles. The Kier molecular flexibility index (Phi) is 11.5. The minimum Gasteiger partial charge on any atom is -0.480 e. The molecule has 0 unspecified atom stereocenters. The van der Waals surface area contributed by atoms with E-state index in [2.05, 4.69) is 0 Å². The third kappa shape index (κ3) is 7.58. The fraction of sp³-hybridized carbons (Fsp3) is 0.588. The molecule has 0 radical (unpaired) electrons. The van der Waals surface area contributed by atoms with Gasteiger partial charge in [-0.2, -0.15) is 0 Å². The maximum absolute atomic E-state index is 11.7. The average molecular weight is 422 g/mol. The Hall–Kier alpha value is -0.865. The molecule has 1 fully saturated rings. The van der Waals surface area contributed by atoms with Gasteiger partial charge in [-0.1, -0.05) is 36.8 Å². The molecule has 7 N–H and O–H groups in total. The second-order valence-electron chi connectivity index (χ2n) is 7.10. The van der Waals surface area contributed by atoms with E-state index < -0.39 is 18.6 Å². The van der Waals surface area contributed by atoms with Crippen molar-refractivity contribution in [3.05, 3.63) is 35.9 Å². The lowest BCUT2D eigenvalue weighted by Gasteiger charge is -2.25. The van der Waals surface area contributed by atoms with E-state index in [1.807, 2.05) is 35.2 Å². The number of aliphatic carboxylic acids is 1. The normalized spacial score (nSPS) is 23.2. The summed E-state index contributed by atoms with van der Waals surface area (Å²) in [4.78, 5) is 13.7. The fourth-order valence-corrected chi connectivity index (χ4v) is 3.63. The number of carboxylic acid groups (broad SMARTS) is 1. The van der Waals surface area contributed by atoms with Gasteiger partial charge in [0.1, 0.15) is 5.54 Å². The zero-order chi connectivity index (χ0) is 18.4. The molecule has 1 aliphatic heterocycles. The van der Waals surface area contributed by atoms with Gasteiger partial charge in [0.15, 0.2) is 0 Å². The molecule has 10 heteroatoms. The molecule has 1 aliphatic rings. The number of rotatable bonds is 9. The summed E-state index contributed by atoms with van der Waals surface area (Å²) < 4.78 is 0. The number of halogens is 2. The van der Waals surface area contributed by atoms with Gasteiger partial charge in [-0.3, -0.25) is 9.69 Å². The van der Waals surface area contributed by atoms with E-state index in [-0.39, 0.29) is 49.6 Å². The molecule has 1 aromatic rings. The van der Waals surface area contributed by atoms with Gasteiger partial charge in [-0.15, -0.1) is 24.8 Å². The van der Waals surface area contributed by atoms with Crippen molar-refractivity contribution in [1.82, 2.24) is 4.90 Å². The van der Waals surface area contributed by atoms with Crippen LogP contribution in [-0.2, 0) is 11.2 Å². The summed E-state index contributed by atoms with van der Waals surface area (Å²) in [5, 5.41) is 27.5. The van der Waals surface area contributed by atoms with Crippen molar-refractivity contribution >= 4 is 37.9 Å². The van der Waals surface area contributed by atoms with Crippen LogP contribution in [0.25, 0.3) is 0 Å². The SMILES string of the molecule is Cl.Cl.N[C@@H](Cc1ccccc1)CN1C[C@H](CCCB(O)O)[C@](N)(C(=O)O)C1. The van der Waals surface area contributed by atoms with E-state index in [1.165, 1.54) is 0 Å². The number of benzene rings is 1. The first-order valence-corrected chi connectivity index (χ1v) is 8.71. The standard InChI is InChI=1S/C17H28BN3O4.2ClH/c19-15(9-13-5-2-1-3-6-13)11-21-10-14(7-4-8-18(24)25)17(20,12-21)16(22)23;;/h1-3,5-6,14-15,24-25H,4,7-12,19-20H2,(H,22,23);2*1H/t14-,15-,17-;;/m0../s1. The van der Waals surface area contributed by atoms with Crippen molar-refractivity contribution in [1.29, 1.82) is 0 Å². The number of carboxylic acids is 1. The molecule has 1 heterocycles. The van der Waals surface area contributed by atoms with E-state index in [9.17, 15) is 9.90 Å². The van der Waals surface area contributed by atoms with E-state index in [0.29, 0.717) is 25.9 Å². The van der Waals surface area contributed by atoms with Crippen LogP contribution in [0.4, 0.5) is 0 Å². The lowest BCUT2D eigenvalue weighted by molar-refractivity contribution is -0.144. The van der Waals surface area contributed by atoms with Crippen LogP contribution in [0.1, 0.15) is 18.4 Å². The summed E-state index contributed by atoms with van der Waals surface area (Å²) >= 11 is 0. The Balaban J connectivity index is 0.00000338. The highest BCUT2D eigenvalue weighted by molar-refractivity contribution is 6.40. The predicted molar refractivity (Wildman–Crippen MR) is 111 cm³/mol. The van der Waals surface area contributed by atoms with Crippen LogP contribution in [0, 0.1) is 5.92 Å². The molecule has 27 heavy (non-hydrogen) atoms. The summed E-state index contributed by atoms with van der Waals surface area (Å²) in [7, 11) is -1.37. The number of hydrogen-bond acceptors (Lipinski definition) is 6. The predicted octanol–water partition coefficient (Wildman–Crippen LogP) is 0.367.